The van der Waals surface area contributed by atoms with E-state index in [4.69, 9.17) is 15.5 Å². The minimum atomic E-state index is -4.50. The van der Waals surface area contributed by atoms with Gasteiger partial charge in [-0.05, 0) is 89.0 Å². The molecule has 0 aromatic carbocycles. The number of alkyl halides is 3. The van der Waals surface area contributed by atoms with Crippen molar-refractivity contribution in [3.8, 4) is 11.7 Å². The number of ether oxygens (including phenoxy) is 1. The predicted molar refractivity (Wildman–Crippen MR) is 186 cm³/mol. The van der Waals surface area contributed by atoms with Crippen LogP contribution >= 0.6 is 0 Å². The van der Waals surface area contributed by atoms with Gasteiger partial charge >= 0.3 is 6.18 Å². The van der Waals surface area contributed by atoms with E-state index in [9.17, 15) is 31.2 Å². The highest BCUT2D eigenvalue weighted by atomic mass is 32.2. The van der Waals surface area contributed by atoms with Crippen molar-refractivity contribution >= 4 is 27.7 Å². The van der Waals surface area contributed by atoms with Crippen molar-refractivity contribution in [3.05, 3.63) is 66.5 Å². The first-order chi connectivity index (χ1) is 24.5. The standard InChI is InChI=1S/C36H44F3N7O5S/c1-4-19-46-33(48)26-12-14-29(45-20-15-30(43-45)51-21-18-35(16-17-35)36(37,38)39)42-32(26)44-23-24(22-34(44,2)3)7-5-8-25(11-13-28(40)47)27-9-6-10-31(41-27)52(46,49)50/h4,6,9-10,12,14-15,20,24-25H,1,5,7-8,11,13,16-19,21-23H2,2-3H3,(H2,40,47)/t24-,25?/m0/s1. The number of pyridine rings is 2. The van der Waals surface area contributed by atoms with Gasteiger partial charge in [-0.1, -0.05) is 18.6 Å². The Kier molecular flexibility index (Phi) is 10.2. The third-order valence-corrected chi connectivity index (χ3v) is 12.2. The van der Waals surface area contributed by atoms with Gasteiger partial charge in [-0.25, -0.2) is 19.0 Å². The van der Waals surface area contributed by atoms with Crippen molar-refractivity contribution in [2.45, 2.75) is 94.3 Å². The first kappa shape index (κ1) is 37.3. The van der Waals surface area contributed by atoms with E-state index >= 15 is 0 Å². The Bertz CT molecular complexity index is 1940. The summed E-state index contributed by atoms with van der Waals surface area (Å²) in [6.45, 7) is 7.87. The average Bonchev–Trinajstić information content (AvgIpc) is 3.64. The molecule has 2 aliphatic heterocycles. The normalized spacial score (nSPS) is 22.2. The van der Waals surface area contributed by atoms with Gasteiger partial charge in [-0.15, -0.1) is 11.7 Å². The average molecular weight is 744 g/mol. The smallest absolute Gasteiger partial charge is 0.394 e. The molecule has 3 aromatic rings. The lowest BCUT2D eigenvalue weighted by Crippen LogP contribution is -2.42. The first-order valence-corrected chi connectivity index (χ1v) is 19.0. The molecule has 2 atom stereocenters. The SMILES string of the molecule is C=CCN1C(=O)c2ccc(-n3ccc(OCCC4(C(F)(F)F)CC4)n3)nc2N2C[C@@H](CCCC(CCC(N)=O)c3cccc(n3)S1(=O)=O)CC2(C)C. The molecule has 5 heterocycles. The van der Waals surface area contributed by atoms with Gasteiger partial charge in [-0.3, -0.25) is 9.59 Å². The predicted octanol–water partition coefficient (Wildman–Crippen LogP) is 5.93. The molecule has 16 heteroatoms. The van der Waals surface area contributed by atoms with Crippen LogP contribution in [-0.2, 0) is 14.8 Å². The molecule has 52 heavy (non-hydrogen) atoms. The number of fused-ring (bicyclic) bond motifs is 6. The number of halogens is 3. The number of anilines is 1. The summed E-state index contributed by atoms with van der Waals surface area (Å²) in [5.74, 6) is -0.568. The number of sulfonamides is 1. The fourth-order valence-electron chi connectivity index (χ4n) is 7.45. The van der Waals surface area contributed by atoms with Crippen molar-refractivity contribution in [3.63, 3.8) is 0 Å². The molecule has 0 spiro atoms. The zero-order valence-electron chi connectivity index (χ0n) is 29.3. The van der Waals surface area contributed by atoms with E-state index in [0.29, 0.717) is 30.9 Å². The Balaban J connectivity index is 1.37. The molecule has 1 unspecified atom stereocenters. The van der Waals surface area contributed by atoms with E-state index in [2.05, 4.69) is 30.5 Å². The van der Waals surface area contributed by atoms with Crippen LogP contribution in [0.15, 0.2) is 60.3 Å². The maximum absolute atomic E-state index is 14.5. The molecule has 4 bridgehead atoms. The minimum absolute atomic E-state index is 0.0544. The number of aromatic nitrogens is 4. The summed E-state index contributed by atoms with van der Waals surface area (Å²) in [6, 6.07) is 9.24. The van der Waals surface area contributed by atoms with Crippen molar-refractivity contribution in [1.29, 1.82) is 0 Å². The molecule has 2 fully saturated rings. The van der Waals surface area contributed by atoms with Gasteiger partial charge in [0.15, 0.2) is 10.8 Å². The number of amides is 2. The summed E-state index contributed by atoms with van der Waals surface area (Å²) in [4.78, 5) is 37.6. The van der Waals surface area contributed by atoms with Crippen LogP contribution in [0.3, 0.4) is 0 Å². The Morgan fingerprint density at radius 2 is 1.90 bits per heavy atom. The second kappa shape index (κ2) is 14.2. The highest BCUT2D eigenvalue weighted by Crippen LogP contribution is 2.59. The summed E-state index contributed by atoms with van der Waals surface area (Å²) in [5.41, 5.74) is 3.88. The molecule has 1 aliphatic carbocycles. The van der Waals surface area contributed by atoms with Crippen LogP contribution in [0.2, 0.25) is 0 Å². The Morgan fingerprint density at radius 1 is 1.13 bits per heavy atom. The number of carbonyl (C=O) groups excluding carboxylic acids is 2. The molecule has 1 saturated heterocycles. The van der Waals surface area contributed by atoms with Gasteiger partial charge in [0.2, 0.25) is 11.8 Å². The van der Waals surface area contributed by atoms with E-state index in [1.165, 1.54) is 35.0 Å². The molecule has 280 valence electrons. The zero-order chi connectivity index (χ0) is 37.5. The summed E-state index contributed by atoms with van der Waals surface area (Å²) >= 11 is 0. The second-order valence-corrected chi connectivity index (χ2v) is 16.5. The number of hydrogen-bond acceptors (Lipinski definition) is 9. The van der Waals surface area contributed by atoms with Gasteiger partial charge in [-0.2, -0.15) is 21.6 Å². The Labute approximate surface area is 301 Å². The molecular weight excluding hydrogens is 700 g/mol. The van der Waals surface area contributed by atoms with Gasteiger partial charge < -0.3 is 15.4 Å². The third-order valence-electron chi connectivity index (χ3n) is 10.5. The Hall–Kier alpha value is -4.47. The quantitative estimate of drug-likeness (QED) is 0.249. The highest BCUT2D eigenvalue weighted by Gasteiger charge is 2.62. The largest absolute Gasteiger partial charge is 0.477 e. The molecule has 6 rings (SSSR count). The highest BCUT2D eigenvalue weighted by molar-refractivity contribution is 7.89. The summed E-state index contributed by atoms with van der Waals surface area (Å²) < 4.78 is 76.3. The van der Waals surface area contributed by atoms with Crippen LogP contribution in [0, 0.1) is 11.3 Å². The molecule has 12 nitrogen and oxygen atoms in total. The van der Waals surface area contributed by atoms with Crippen LogP contribution < -0.4 is 15.4 Å². The van der Waals surface area contributed by atoms with Crippen molar-refractivity contribution in [2.75, 3.05) is 24.6 Å². The van der Waals surface area contributed by atoms with Gasteiger partial charge in [0, 0.05) is 42.4 Å². The van der Waals surface area contributed by atoms with Crippen LogP contribution in [0.4, 0.5) is 19.0 Å². The molecule has 2 N–H and O–H groups in total. The van der Waals surface area contributed by atoms with E-state index in [1.807, 2.05) is 4.90 Å². The third kappa shape index (κ3) is 7.53. The molecular formula is C36H44F3N7O5S. The number of primary amides is 1. The van der Waals surface area contributed by atoms with E-state index in [0.717, 1.165) is 23.6 Å². The molecule has 1 saturated carbocycles. The lowest BCUT2D eigenvalue weighted by Gasteiger charge is -2.34. The molecule has 0 radical (unpaired) electrons. The number of carbonyl (C=O) groups is 2. The molecule has 3 aromatic heterocycles. The van der Waals surface area contributed by atoms with E-state index in [-0.39, 0.29) is 73.0 Å². The maximum Gasteiger partial charge on any atom is 0.394 e. The summed E-state index contributed by atoms with van der Waals surface area (Å²) in [5, 5.41) is 4.08. The summed E-state index contributed by atoms with van der Waals surface area (Å²) in [7, 11) is -4.50. The Morgan fingerprint density at radius 3 is 2.60 bits per heavy atom. The lowest BCUT2D eigenvalue weighted by molar-refractivity contribution is -0.190. The van der Waals surface area contributed by atoms with Crippen molar-refractivity contribution in [2.24, 2.45) is 17.1 Å². The van der Waals surface area contributed by atoms with E-state index < -0.39 is 39.0 Å². The molecule has 2 amide bonds. The van der Waals surface area contributed by atoms with Gasteiger partial charge in [0.1, 0.15) is 5.82 Å². The molecule has 3 aliphatic rings. The van der Waals surface area contributed by atoms with Crippen LogP contribution in [-0.4, -0.2) is 75.7 Å². The van der Waals surface area contributed by atoms with Crippen LogP contribution in [0.5, 0.6) is 5.88 Å². The topological polar surface area (TPSA) is 154 Å². The van der Waals surface area contributed by atoms with Crippen molar-refractivity contribution in [1.82, 2.24) is 24.1 Å². The maximum atomic E-state index is 14.5. The number of rotatable bonds is 10. The number of hydrogen-bond donors (Lipinski definition) is 1. The van der Waals surface area contributed by atoms with Crippen LogP contribution in [0.25, 0.3) is 5.82 Å². The monoisotopic (exact) mass is 743 g/mol. The minimum Gasteiger partial charge on any atom is -0.477 e. The van der Waals surface area contributed by atoms with Gasteiger partial charge in [0.25, 0.3) is 15.9 Å². The fraction of sp³-hybridized carbons (Fsp3) is 0.528. The zero-order valence-corrected chi connectivity index (χ0v) is 30.1. The second-order valence-electron chi connectivity index (χ2n) is 14.7. The lowest BCUT2D eigenvalue weighted by atomic mass is 9.88. The fourth-order valence-corrected chi connectivity index (χ4v) is 8.76. The number of nitrogens with two attached hydrogens (primary N) is 1. The first-order valence-electron chi connectivity index (χ1n) is 17.5. The number of nitrogens with zero attached hydrogens (tertiary/aromatic N) is 6. The summed E-state index contributed by atoms with van der Waals surface area (Å²) in [6.07, 6.45) is 2.24. The van der Waals surface area contributed by atoms with Crippen molar-refractivity contribution < 1.29 is 35.9 Å². The van der Waals surface area contributed by atoms with Crippen LogP contribution in [0.1, 0.15) is 93.6 Å². The van der Waals surface area contributed by atoms with E-state index in [1.54, 1.807) is 18.3 Å². The van der Waals surface area contributed by atoms with Gasteiger partial charge in [0.05, 0.1) is 24.1 Å².